The van der Waals surface area contributed by atoms with Gasteiger partial charge in [-0.15, -0.1) is 0 Å². The Balaban J connectivity index is 2.00. The molecule has 0 aliphatic rings. The molecule has 3 rings (SSSR count). The van der Waals surface area contributed by atoms with Gasteiger partial charge >= 0.3 is 6.03 Å². The SMILES string of the molecule is CNC(=O)Nc1cccc(-c2ccc(-c3cccnc3)cc2CCC(N)=O)c1. The van der Waals surface area contributed by atoms with Crippen LogP contribution in [0.25, 0.3) is 22.3 Å². The summed E-state index contributed by atoms with van der Waals surface area (Å²) in [4.78, 5) is 27.1. The Morgan fingerprint density at radius 1 is 1.00 bits per heavy atom. The van der Waals surface area contributed by atoms with E-state index in [0.717, 1.165) is 27.8 Å². The van der Waals surface area contributed by atoms with Gasteiger partial charge < -0.3 is 16.4 Å². The Hall–Kier alpha value is -3.67. The number of urea groups is 1. The first-order valence-electron chi connectivity index (χ1n) is 8.97. The number of nitrogens with two attached hydrogens (primary N) is 1. The van der Waals surface area contributed by atoms with Gasteiger partial charge in [-0.1, -0.05) is 36.4 Å². The Labute approximate surface area is 163 Å². The predicted octanol–water partition coefficient (Wildman–Crippen LogP) is 3.58. The zero-order valence-corrected chi connectivity index (χ0v) is 15.6. The molecule has 0 atom stereocenters. The van der Waals surface area contributed by atoms with E-state index in [1.54, 1.807) is 19.4 Å². The highest BCUT2D eigenvalue weighted by atomic mass is 16.2. The van der Waals surface area contributed by atoms with Crippen molar-refractivity contribution in [3.63, 3.8) is 0 Å². The van der Waals surface area contributed by atoms with Gasteiger partial charge in [0.1, 0.15) is 0 Å². The van der Waals surface area contributed by atoms with Crippen molar-refractivity contribution >= 4 is 17.6 Å². The minimum Gasteiger partial charge on any atom is -0.370 e. The molecule has 0 aliphatic carbocycles. The normalized spacial score (nSPS) is 10.3. The van der Waals surface area contributed by atoms with E-state index in [1.165, 1.54) is 0 Å². The average molecular weight is 374 g/mol. The fourth-order valence-electron chi connectivity index (χ4n) is 3.01. The maximum Gasteiger partial charge on any atom is 0.318 e. The molecule has 0 fully saturated rings. The number of hydrogen-bond acceptors (Lipinski definition) is 3. The van der Waals surface area contributed by atoms with Crippen LogP contribution in [0.4, 0.5) is 10.5 Å². The molecule has 142 valence electrons. The summed E-state index contributed by atoms with van der Waals surface area (Å²) < 4.78 is 0. The van der Waals surface area contributed by atoms with Crippen LogP contribution in [0, 0.1) is 0 Å². The van der Waals surface area contributed by atoms with E-state index < -0.39 is 0 Å². The van der Waals surface area contributed by atoms with Crippen LogP contribution in [0.2, 0.25) is 0 Å². The summed E-state index contributed by atoms with van der Waals surface area (Å²) in [7, 11) is 1.57. The Bertz CT molecular complexity index is 987. The second-order valence-corrected chi connectivity index (χ2v) is 6.36. The first-order chi connectivity index (χ1) is 13.6. The molecule has 0 saturated carbocycles. The molecule has 0 bridgehead atoms. The summed E-state index contributed by atoms with van der Waals surface area (Å²) in [6.45, 7) is 0. The van der Waals surface area contributed by atoms with Gasteiger partial charge in [-0.05, 0) is 52.4 Å². The molecule has 0 aliphatic heterocycles. The molecule has 3 amide bonds. The fraction of sp³-hybridized carbons (Fsp3) is 0.136. The highest BCUT2D eigenvalue weighted by Crippen LogP contribution is 2.31. The molecule has 1 heterocycles. The first kappa shape index (κ1) is 19.1. The average Bonchev–Trinajstić information content (AvgIpc) is 2.72. The number of hydrogen-bond donors (Lipinski definition) is 3. The number of rotatable bonds is 6. The number of anilines is 1. The summed E-state index contributed by atoms with van der Waals surface area (Å²) in [6.07, 6.45) is 4.34. The Kier molecular flexibility index (Phi) is 6.01. The van der Waals surface area contributed by atoms with Gasteiger partial charge in [-0.2, -0.15) is 0 Å². The minimum atomic E-state index is -0.340. The molecule has 0 radical (unpaired) electrons. The van der Waals surface area contributed by atoms with Crippen LogP contribution < -0.4 is 16.4 Å². The lowest BCUT2D eigenvalue weighted by molar-refractivity contribution is -0.117. The van der Waals surface area contributed by atoms with Crippen LogP contribution in [0.1, 0.15) is 12.0 Å². The molecule has 2 aromatic carbocycles. The molecular weight excluding hydrogens is 352 g/mol. The van der Waals surface area contributed by atoms with Crippen molar-refractivity contribution in [1.82, 2.24) is 10.3 Å². The maximum atomic E-state index is 11.6. The van der Waals surface area contributed by atoms with E-state index in [0.29, 0.717) is 12.1 Å². The number of primary amides is 1. The number of nitrogens with one attached hydrogen (secondary N) is 2. The molecule has 1 aromatic heterocycles. The van der Waals surface area contributed by atoms with Crippen molar-refractivity contribution in [2.24, 2.45) is 5.73 Å². The van der Waals surface area contributed by atoms with Crippen molar-refractivity contribution in [2.75, 3.05) is 12.4 Å². The molecule has 0 saturated heterocycles. The molecule has 6 heteroatoms. The number of carbonyl (C=O) groups excluding carboxylic acids is 2. The summed E-state index contributed by atoms with van der Waals surface area (Å²) in [5.41, 5.74) is 11.0. The number of nitrogens with zero attached hydrogens (tertiary/aromatic N) is 1. The number of aromatic nitrogens is 1. The van der Waals surface area contributed by atoms with Crippen LogP contribution in [0.15, 0.2) is 67.0 Å². The maximum absolute atomic E-state index is 11.6. The molecular formula is C22H22N4O2. The van der Waals surface area contributed by atoms with Gasteiger partial charge in [0.05, 0.1) is 0 Å². The van der Waals surface area contributed by atoms with Crippen molar-refractivity contribution < 1.29 is 9.59 Å². The van der Waals surface area contributed by atoms with Gasteiger partial charge in [0.25, 0.3) is 0 Å². The van der Waals surface area contributed by atoms with E-state index in [9.17, 15) is 9.59 Å². The van der Waals surface area contributed by atoms with Crippen LogP contribution in [0.5, 0.6) is 0 Å². The van der Waals surface area contributed by atoms with Crippen molar-refractivity contribution in [2.45, 2.75) is 12.8 Å². The smallest absolute Gasteiger partial charge is 0.318 e. The summed E-state index contributed by atoms with van der Waals surface area (Å²) in [5.74, 6) is -0.340. The number of pyridine rings is 1. The second-order valence-electron chi connectivity index (χ2n) is 6.36. The van der Waals surface area contributed by atoms with E-state index in [2.05, 4.69) is 21.7 Å². The van der Waals surface area contributed by atoms with Gasteiger partial charge in [0.15, 0.2) is 0 Å². The van der Waals surface area contributed by atoms with Gasteiger partial charge in [-0.25, -0.2) is 4.79 Å². The number of carbonyl (C=O) groups is 2. The van der Waals surface area contributed by atoms with Crippen molar-refractivity contribution in [1.29, 1.82) is 0 Å². The number of amides is 3. The largest absolute Gasteiger partial charge is 0.370 e. The molecule has 0 spiro atoms. The highest BCUT2D eigenvalue weighted by molar-refractivity contribution is 5.90. The van der Waals surface area contributed by atoms with Gasteiger partial charge in [-0.3, -0.25) is 9.78 Å². The van der Waals surface area contributed by atoms with E-state index in [-0.39, 0.29) is 18.4 Å². The summed E-state index contributed by atoms with van der Waals surface area (Å²) in [5, 5.41) is 5.31. The second kappa shape index (κ2) is 8.81. The van der Waals surface area contributed by atoms with Crippen molar-refractivity contribution in [3.8, 4) is 22.3 Å². The number of benzene rings is 2. The summed E-state index contributed by atoms with van der Waals surface area (Å²) >= 11 is 0. The van der Waals surface area contributed by atoms with Gasteiger partial charge in [0.2, 0.25) is 5.91 Å². The molecule has 28 heavy (non-hydrogen) atoms. The third-order valence-corrected chi connectivity index (χ3v) is 4.40. The first-order valence-corrected chi connectivity index (χ1v) is 8.97. The van der Waals surface area contributed by atoms with Crippen molar-refractivity contribution in [3.05, 3.63) is 72.6 Å². The van der Waals surface area contributed by atoms with Crippen LogP contribution >= 0.6 is 0 Å². The van der Waals surface area contributed by atoms with Crippen LogP contribution in [0.3, 0.4) is 0 Å². The van der Waals surface area contributed by atoms with E-state index >= 15 is 0 Å². The predicted molar refractivity (Wildman–Crippen MR) is 111 cm³/mol. The standard InChI is InChI=1S/C22H22N4O2/c1-24-22(28)26-19-6-2-4-16(13-19)20-9-7-15(18-5-3-11-25-14-18)12-17(20)8-10-21(23)27/h2-7,9,11-14H,8,10H2,1H3,(H2,23,27)(H2,24,26,28). The monoisotopic (exact) mass is 374 g/mol. The Morgan fingerprint density at radius 2 is 1.82 bits per heavy atom. The fourth-order valence-corrected chi connectivity index (χ4v) is 3.01. The van der Waals surface area contributed by atoms with E-state index in [4.69, 9.17) is 5.73 Å². The van der Waals surface area contributed by atoms with E-state index in [1.807, 2.05) is 48.5 Å². The lowest BCUT2D eigenvalue weighted by Crippen LogP contribution is -2.24. The zero-order chi connectivity index (χ0) is 19.9. The van der Waals surface area contributed by atoms with Crippen LogP contribution in [-0.4, -0.2) is 24.0 Å². The molecule has 4 N–H and O–H groups in total. The minimum absolute atomic E-state index is 0.264. The highest BCUT2D eigenvalue weighted by Gasteiger charge is 2.10. The molecule has 6 nitrogen and oxygen atoms in total. The zero-order valence-electron chi connectivity index (χ0n) is 15.6. The van der Waals surface area contributed by atoms with Gasteiger partial charge in [0, 0.05) is 31.5 Å². The summed E-state index contributed by atoms with van der Waals surface area (Å²) in [6, 6.07) is 17.3. The molecule has 0 unspecified atom stereocenters. The lowest BCUT2D eigenvalue weighted by atomic mass is 9.92. The third kappa shape index (κ3) is 4.73. The topological polar surface area (TPSA) is 97.1 Å². The number of aryl methyl sites for hydroxylation is 1. The third-order valence-electron chi connectivity index (χ3n) is 4.40. The van der Waals surface area contributed by atoms with Crippen LogP contribution in [-0.2, 0) is 11.2 Å². The molecule has 3 aromatic rings. The quantitative estimate of drug-likeness (QED) is 0.615. The lowest BCUT2D eigenvalue weighted by Gasteiger charge is -2.13. The Morgan fingerprint density at radius 3 is 2.54 bits per heavy atom.